The van der Waals surface area contributed by atoms with Gasteiger partial charge in [-0.15, -0.1) is 0 Å². The molecule has 1 saturated carbocycles. The predicted molar refractivity (Wildman–Crippen MR) is 223 cm³/mol. The van der Waals surface area contributed by atoms with Crippen LogP contribution in [-0.2, 0) is 42.0 Å². The normalized spacial score (nSPS) is 21.7. The molecule has 1 rings (SSSR count). The molecule has 59 heavy (non-hydrogen) atoms. The zero-order valence-corrected chi connectivity index (χ0v) is 37.7. The van der Waals surface area contributed by atoms with Gasteiger partial charge < -0.3 is 49.1 Å². The van der Waals surface area contributed by atoms with Gasteiger partial charge in [-0.2, -0.15) is 0 Å². The van der Waals surface area contributed by atoms with Crippen molar-refractivity contribution in [1.82, 2.24) is 0 Å². The molecule has 0 aromatic rings. The Morgan fingerprint density at radius 3 is 1.15 bits per heavy atom. The van der Waals surface area contributed by atoms with Gasteiger partial charge in [0.05, 0.1) is 6.61 Å². The van der Waals surface area contributed by atoms with Crippen LogP contribution in [0.2, 0.25) is 0 Å². The number of rotatable bonds is 38. The highest BCUT2D eigenvalue weighted by Crippen LogP contribution is 2.47. The summed E-state index contributed by atoms with van der Waals surface area (Å²) >= 11 is 0. The van der Waals surface area contributed by atoms with Gasteiger partial charge in [-0.25, -0.2) is 9.13 Å². The van der Waals surface area contributed by atoms with E-state index in [1.54, 1.807) is 0 Å². The Morgan fingerprint density at radius 1 is 0.458 bits per heavy atom. The molecule has 350 valence electrons. The van der Waals surface area contributed by atoms with Crippen molar-refractivity contribution in [2.75, 3.05) is 13.2 Å². The van der Waals surface area contributed by atoms with Crippen molar-refractivity contribution in [3.8, 4) is 0 Å². The largest absolute Gasteiger partial charge is 0.470 e. The average Bonchev–Trinajstić information content (AvgIpc) is 3.17. The Bertz CT molecular complexity index is 1170. The van der Waals surface area contributed by atoms with Gasteiger partial charge in [0.2, 0.25) is 0 Å². The van der Waals surface area contributed by atoms with Crippen LogP contribution in [0.25, 0.3) is 0 Å². The topological polar surface area (TPSA) is 256 Å². The van der Waals surface area contributed by atoms with Crippen molar-refractivity contribution in [2.45, 2.75) is 236 Å². The molecule has 2 unspecified atom stereocenters. The van der Waals surface area contributed by atoms with Gasteiger partial charge in [0.25, 0.3) is 0 Å². The molecule has 0 amide bonds. The van der Waals surface area contributed by atoms with Crippen LogP contribution in [0.1, 0.15) is 194 Å². The standard InChI is InChI=1S/C41H80O16P2/c1-3-5-7-9-11-13-15-17-19-21-23-25-27-29-34(42)53-31-33(55-35(43)30-28-26-24-22-20-18-16-14-12-10-8-6-4-2)32-54-39-36(44)37(45)40(56-58(47,48)49)41(38(39)46)57-59(50,51)52/h33,36-41,44-46H,3-32H2,1-2H3,(H2,47,48,49)(H2,50,51,52)/t33?,36?,37-,38-,39+,40-,41+/m1/s1. The minimum Gasteiger partial charge on any atom is -0.462 e. The summed E-state index contributed by atoms with van der Waals surface area (Å²) in [7, 11) is -10.9. The maximum atomic E-state index is 12.9. The molecule has 0 heterocycles. The number of esters is 2. The molecule has 0 bridgehead atoms. The molecular formula is C41H80O16P2. The van der Waals surface area contributed by atoms with Crippen molar-refractivity contribution in [2.24, 2.45) is 0 Å². The first-order chi connectivity index (χ1) is 28.1. The lowest BCUT2D eigenvalue weighted by Crippen LogP contribution is -2.65. The Labute approximate surface area is 353 Å². The lowest BCUT2D eigenvalue weighted by atomic mass is 9.85. The quantitative estimate of drug-likeness (QED) is 0.0177. The fraction of sp³-hybridized carbons (Fsp3) is 0.951. The lowest BCUT2D eigenvalue weighted by molar-refractivity contribution is -0.234. The Morgan fingerprint density at radius 2 is 0.780 bits per heavy atom. The summed E-state index contributed by atoms with van der Waals surface area (Å²) in [6, 6.07) is 0. The van der Waals surface area contributed by atoms with E-state index < -0.39 is 83.5 Å². The van der Waals surface area contributed by atoms with E-state index in [9.17, 15) is 53.6 Å². The van der Waals surface area contributed by atoms with Crippen LogP contribution in [0, 0.1) is 0 Å². The Hall–Kier alpha value is -1.00. The monoisotopic (exact) mass is 890 g/mol. The second-order valence-corrected chi connectivity index (χ2v) is 18.6. The molecule has 0 aromatic carbocycles. The zero-order chi connectivity index (χ0) is 43.9. The van der Waals surface area contributed by atoms with Crippen molar-refractivity contribution >= 4 is 27.6 Å². The number of aliphatic hydroxyl groups excluding tert-OH is 3. The summed E-state index contributed by atoms with van der Waals surface area (Å²) in [6.07, 6.45) is 15.7. The first-order valence-electron chi connectivity index (χ1n) is 22.6. The number of hydrogen-bond donors (Lipinski definition) is 7. The van der Waals surface area contributed by atoms with E-state index in [0.29, 0.717) is 12.8 Å². The molecule has 0 spiro atoms. The SMILES string of the molecule is CCCCCCCCCCCCCCCC(=O)OCC(CO[C@H]1C(O)[C@@H](O)[C@@H](OP(=O)(O)O)[C@@H](OP(=O)(O)O)[C@@H]1O)OC(=O)CCCCCCCCCCCCCCC. The van der Waals surface area contributed by atoms with E-state index in [4.69, 9.17) is 14.2 Å². The smallest absolute Gasteiger partial charge is 0.462 e. The van der Waals surface area contributed by atoms with Crippen LogP contribution in [-0.4, -0.2) is 103 Å². The number of carbonyl (C=O) groups excluding carboxylic acids is 2. The summed E-state index contributed by atoms with van der Waals surface area (Å²) in [6.45, 7) is 3.39. The van der Waals surface area contributed by atoms with Crippen LogP contribution in [0.3, 0.4) is 0 Å². The summed E-state index contributed by atoms with van der Waals surface area (Å²) in [4.78, 5) is 62.8. The summed E-state index contributed by atoms with van der Waals surface area (Å²) in [5.74, 6) is -1.12. The lowest BCUT2D eigenvalue weighted by Gasteiger charge is -2.44. The van der Waals surface area contributed by atoms with Crippen molar-refractivity contribution < 1.29 is 76.9 Å². The fourth-order valence-corrected chi connectivity index (χ4v) is 8.46. The predicted octanol–water partition coefficient (Wildman–Crippen LogP) is 7.84. The number of unbranched alkanes of at least 4 members (excludes halogenated alkanes) is 24. The minimum atomic E-state index is -5.45. The maximum Gasteiger partial charge on any atom is 0.470 e. The molecule has 7 N–H and O–H groups in total. The third kappa shape index (κ3) is 29.1. The van der Waals surface area contributed by atoms with Gasteiger partial charge in [0.1, 0.15) is 43.2 Å². The second-order valence-electron chi connectivity index (χ2n) is 16.2. The van der Waals surface area contributed by atoms with E-state index in [1.165, 1.54) is 103 Å². The van der Waals surface area contributed by atoms with Crippen LogP contribution >= 0.6 is 15.6 Å². The molecule has 0 aliphatic heterocycles. The fourth-order valence-electron chi connectivity index (χ4n) is 7.34. The average molecular weight is 891 g/mol. The molecule has 0 radical (unpaired) electrons. The highest BCUT2D eigenvalue weighted by atomic mass is 31.2. The number of phosphoric ester groups is 2. The molecule has 1 aliphatic rings. The van der Waals surface area contributed by atoms with E-state index in [2.05, 4.69) is 22.9 Å². The van der Waals surface area contributed by atoms with E-state index in [0.717, 1.165) is 51.4 Å². The Balaban J connectivity index is 2.67. The minimum absolute atomic E-state index is 0.0775. The van der Waals surface area contributed by atoms with Crippen LogP contribution in [0.4, 0.5) is 0 Å². The number of hydrogen-bond acceptors (Lipinski definition) is 12. The van der Waals surface area contributed by atoms with E-state index in [-0.39, 0.29) is 12.8 Å². The van der Waals surface area contributed by atoms with E-state index >= 15 is 0 Å². The van der Waals surface area contributed by atoms with E-state index in [1.807, 2.05) is 0 Å². The summed E-state index contributed by atoms with van der Waals surface area (Å²) in [5.41, 5.74) is 0. The Kier molecular flexibility index (Phi) is 31.8. The zero-order valence-electron chi connectivity index (χ0n) is 36.0. The molecule has 16 nitrogen and oxygen atoms in total. The third-order valence-electron chi connectivity index (χ3n) is 10.7. The van der Waals surface area contributed by atoms with Crippen molar-refractivity contribution in [1.29, 1.82) is 0 Å². The van der Waals surface area contributed by atoms with Gasteiger partial charge in [0.15, 0.2) is 6.10 Å². The maximum absolute atomic E-state index is 12.9. The van der Waals surface area contributed by atoms with Gasteiger partial charge >= 0.3 is 27.6 Å². The summed E-state index contributed by atoms with van der Waals surface area (Å²) < 4.78 is 48.6. The second kappa shape index (κ2) is 33.5. The molecule has 1 fully saturated rings. The molecular weight excluding hydrogens is 810 g/mol. The first-order valence-corrected chi connectivity index (χ1v) is 25.6. The van der Waals surface area contributed by atoms with Gasteiger partial charge in [-0.3, -0.25) is 18.6 Å². The number of phosphoric acid groups is 2. The molecule has 0 saturated heterocycles. The number of carbonyl (C=O) groups is 2. The van der Waals surface area contributed by atoms with Crippen molar-refractivity contribution in [3.63, 3.8) is 0 Å². The number of aliphatic hydroxyl groups is 3. The first kappa shape index (κ1) is 56.0. The van der Waals surface area contributed by atoms with Crippen LogP contribution < -0.4 is 0 Å². The molecule has 7 atom stereocenters. The van der Waals surface area contributed by atoms with Crippen molar-refractivity contribution in [3.05, 3.63) is 0 Å². The third-order valence-corrected chi connectivity index (χ3v) is 11.7. The highest BCUT2D eigenvalue weighted by Gasteiger charge is 2.55. The highest BCUT2D eigenvalue weighted by molar-refractivity contribution is 7.46. The number of ether oxygens (including phenoxy) is 3. The molecule has 1 aliphatic carbocycles. The summed E-state index contributed by atoms with van der Waals surface area (Å²) in [5, 5.41) is 32.2. The van der Waals surface area contributed by atoms with Crippen LogP contribution in [0.15, 0.2) is 0 Å². The molecule has 0 aromatic heterocycles. The van der Waals surface area contributed by atoms with Crippen LogP contribution in [0.5, 0.6) is 0 Å². The van der Waals surface area contributed by atoms with Gasteiger partial charge in [0, 0.05) is 12.8 Å². The van der Waals surface area contributed by atoms with Gasteiger partial charge in [-0.05, 0) is 12.8 Å². The van der Waals surface area contributed by atoms with Gasteiger partial charge in [-0.1, -0.05) is 168 Å². The molecule has 18 heteroatoms.